The number of hydrogen-bond donors (Lipinski definition) is 1. The van der Waals surface area contributed by atoms with Gasteiger partial charge in [0.1, 0.15) is 5.52 Å². The smallest absolute Gasteiger partial charge is 0.255 e. The Labute approximate surface area is 151 Å². The third kappa shape index (κ3) is 3.09. The van der Waals surface area contributed by atoms with Gasteiger partial charge in [0.05, 0.1) is 0 Å². The van der Waals surface area contributed by atoms with Crippen LogP contribution in [-0.4, -0.2) is 10.9 Å². The number of nitrogens with one attached hydrogen (secondary N) is 1. The predicted octanol–water partition coefficient (Wildman–Crippen LogP) is 5.36. The quantitative estimate of drug-likeness (QED) is 0.545. The standard InChI is InChI=1S/C22H18N2O2/c1-14-12-15(2)20-19(13-14)24-22(26-20)17-8-10-18(11-9-17)23-21(25)16-6-4-3-5-7-16/h3-13H,1-2H3,(H,23,25). The number of anilines is 1. The number of hydrogen-bond acceptors (Lipinski definition) is 3. The van der Waals surface area contributed by atoms with Crippen LogP contribution in [0.5, 0.6) is 0 Å². The van der Waals surface area contributed by atoms with Crippen LogP contribution in [0.1, 0.15) is 21.5 Å². The highest BCUT2D eigenvalue weighted by Crippen LogP contribution is 2.28. The Morgan fingerprint density at radius 3 is 2.42 bits per heavy atom. The lowest BCUT2D eigenvalue weighted by atomic mass is 10.1. The number of fused-ring (bicyclic) bond motifs is 1. The zero-order valence-corrected chi connectivity index (χ0v) is 14.6. The van der Waals surface area contributed by atoms with Gasteiger partial charge in [-0.05, 0) is 67.4 Å². The van der Waals surface area contributed by atoms with E-state index in [2.05, 4.69) is 16.4 Å². The summed E-state index contributed by atoms with van der Waals surface area (Å²) in [4.78, 5) is 16.8. The van der Waals surface area contributed by atoms with Gasteiger partial charge in [-0.25, -0.2) is 4.98 Å². The first-order valence-corrected chi connectivity index (χ1v) is 8.45. The van der Waals surface area contributed by atoms with Gasteiger partial charge in [0, 0.05) is 16.8 Å². The van der Waals surface area contributed by atoms with Crippen LogP contribution in [0.4, 0.5) is 5.69 Å². The first-order valence-electron chi connectivity index (χ1n) is 8.45. The van der Waals surface area contributed by atoms with Crippen molar-refractivity contribution in [1.82, 2.24) is 4.98 Å². The molecule has 4 nitrogen and oxygen atoms in total. The number of amides is 1. The minimum absolute atomic E-state index is 0.133. The third-order valence-corrected chi connectivity index (χ3v) is 4.25. The minimum Gasteiger partial charge on any atom is -0.436 e. The summed E-state index contributed by atoms with van der Waals surface area (Å²) < 4.78 is 5.93. The molecule has 3 aromatic carbocycles. The molecule has 1 heterocycles. The van der Waals surface area contributed by atoms with Gasteiger partial charge in [-0.2, -0.15) is 0 Å². The first-order chi connectivity index (χ1) is 12.6. The molecule has 4 aromatic rings. The second kappa shape index (κ2) is 6.48. The van der Waals surface area contributed by atoms with Gasteiger partial charge in [-0.15, -0.1) is 0 Å². The maximum Gasteiger partial charge on any atom is 0.255 e. The first kappa shape index (κ1) is 16.1. The summed E-state index contributed by atoms with van der Waals surface area (Å²) in [6.07, 6.45) is 0. The van der Waals surface area contributed by atoms with Gasteiger partial charge >= 0.3 is 0 Å². The van der Waals surface area contributed by atoms with Crippen LogP contribution in [0.15, 0.2) is 71.1 Å². The molecule has 0 aliphatic carbocycles. The summed E-state index contributed by atoms with van der Waals surface area (Å²) in [5, 5.41) is 2.89. The molecule has 0 unspecified atom stereocenters. The molecule has 0 saturated carbocycles. The van der Waals surface area contributed by atoms with E-state index >= 15 is 0 Å². The van der Waals surface area contributed by atoms with Crippen LogP contribution in [0, 0.1) is 13.8 Å². The number of carbonyl (C=O) groups excluding carboxylic acids is 1. The van der Waals surface area contributed by atoms with E-state index in [-0.39, 0.29) is 5.91 Å². The Morgan fingerprint density at radius 1 is 0.962 bits per heavy atom. The number of aryl methyl sites for hydroxylation is 2. The molecule has 0 radical (unpaired) electrons. The Balaban J connectivity index is 1.58. The second-order valence-corrected chi connectivity index (χ2v) is 6.35. The van der Waals surface area contributed by atoms with Gasteiger partial charge in [0.25, 0.3) is 5.91 Å². The van der Waals surface area contributed by atoms with Crippen LogP contribution in [0.3, 0.4) is 0 Å². The molecule has 0 saturated heterocycles. The maximum absolute atomic E-state index is 12.2. The summed E-state index contributed by atoms with van der Waals surface area (Å²) in [5.74, 6) is 0.445. The van der Waals surface area contributed by atoms with Crippen LogP contribution in [0.25, 0.3) is 22.6 Å². The van der Waals surface area contributed by atoms with E-state index in [1.165, 1.54) is 0 Å². The summed E-state index contributed by atoms with van der Waals surface area (Å²) in [6, 6.07) is 20.7. The number of benzene rings is 3. The van der Waals surface area contributed by atoms with Crippen LogP contribution < -0.4 is 5.32 Å². The highest BCUT2D eigenvalue weighted by atomic mass is 16.3. The fraction of sp³-hybridized carbons (Fsp3) is 0.0909. The van der Waals surface area contributed by atoms with Crippen LogP contribution in [-0.2, 0) is 0 Å². The number of carbonyl (C=O) groups is 1. The molecule has 26 heavy (non-hydrogen) atoms. The van der Waals surface area contributed by atoms with Crippen molar-refractivity contribution in [2.45, 2.75) is 13.8 Å². The Kier molecular flexibility index (Phi) is 4.01. The minimum atomic E-state index is -0.133. The summed E-state index contributed by atoms with van der Waals surface area (Å²) in [5.41, 5.74) is 6.13. The van der Waals surface area contributed by atoms with Gasteiger partial charge in [-0.1, -0.05) is 24.3 Å². The van der Waals surface area contributed by atoms with E-state index in [1.807, 2.05) is 62.4 Å². The molecule has 0 fully saturated rings. The van der Waals surface area contributed by atoms with E-state index in [9.17, 15) is 4.79 Å². The second-order valence-electron chi connectivity index (χ2n) is 6.35. The number of oxazole rings is 1. The van der Waals surface area contributed by atoms with Crippen molar-refractivity contribution in [1.29, 1.82) is 0 Å². The molecular weight excluding hydrogens is 324 g/mol. The SMILES string of the molecule is Cc1cc(C)c2oc(-c3ccc(NC(=O)c4ccccc4)cc3)nc2c1. The van der Waals surface area contributed by atoms with Crippen molar-refractivity contribution in [3.63, 3.8) is 0 Å². The molecule has 0 atom stereocenters. The summed E-state index contributed by atoms with van der Waals surface area (Å²) in [7, 11) is 0. The van der Waals surface area contributed by atoms with E-state index in [4.69, 9.17) is 4.42 Å². The van der Waals surface area contributed by atoms with E-state index in [0.717, 1.165) is 33.5 Å². The van der Waals surface area contributed by atoms with Crippen molar-refractivity contribution in [2.75, 3.05) is 5.32 Å². The summed E-state index contributed by atoms with van der Waals surface area (Å²) >= 11 is 0. The number of aromatic nitrogens is 1. The molecule has 0 bridgehead atoms. The zero-order valence-electron chi connectivity index (χ0n) is 14.6. The molecule has 0 aliphatic rings. The van der Waals surface area contributed by atoms with Crippen molar-refractivity contribution in [3.05, 3.63) is 83.4 Å². The fourth-order valence-electron chi connectivity index (χ4n) is 2.99. The van der Waals surface area contributed by atoms with E-state index in [1.54, 1.807) is 12.1 Å². The molecule has 4 heteroatoms. The van der Waals surface area contributed by atoms with Gasteiger partial charge in [0.15, 0.2) is 5.58 Å². The fourth-order valence-corrected chi connectivity index (χ4v) is 2.99. The Morgan fingerprint density at radius 2 is 1.69 bits per heavy atom. The van der Waals surface area contributed by atoms with Gasteiger partial charge < -0.3 is 9.73 Å². The average molecular weight is 342 g/mol. The topological polar surface area (TPSA) is 55.1 Å². The molecule has 128 valence electrons. The van der Waals surface area contributed by atoms with Crippen molar-refractivity contribution < 1.29 is 9.21 Å². The molecule has 1 aromatic heterocycles. The largest absolute Gasteiger partial charge is 0.436 e. The van der Waals surface area contributed by atoms with Crippen molar-refractivity contribution >= 4 is 22.7 Å². The van der Waals surface area contributed by atoms with Gasteiger partial charge in [0.2, 0.25) is 5.89 Å². The molecule has 1 amide bonds. The van der Waals surface area contributed by atoms with Crippen molar-refractivity contribution in [2.24, 2.45) is 0 Å². The van der Waals surface area contributed by atoms with Crippen molar-refractivity contribution in [3.8, 4) is 11.5 Å². The normalized spacial score (nSPS) is 10.8. The highest BCUT2D eigenvalue weighted by Gasteiger charge is 2.11. The Hall–Kier alpha value is -3.40. The van der Waals surface area contributed by atoms with E-state index in [0.29, 0.717) is 11.5 Å². The monoisotopic (exact) mass is 342 g/mol. The molecule has 4 rings (SSSR count). The number of rotatable bonds is 3. The number of nitrogens with zero attached hydrogens (tertiary/aromatic N) is 1. The lowest BCUT2D eigenvalue weighted by Gasteiger charge is -2.05. The average Bonchev–Trinajstić information content (AvgIpc) is 3.07. The molecule has 1 N–H and O–H groups in total. The summed E-state index contributed by atoms with van der Waals surface area (Å²) in [6.45, 7) is 4.07. The predicted molar refractivity (Wildman–Crippen MR) is 103 cm³/mol. The highest BCUT2D eigenvalue weighted by molar-refractivity contribution is 6.04. The zero-order chi connectivity index (χ0) is 18.1. The third-order valence-electron chi connectivity index (χ3n) is 4.25. The lowest BCUT2D eigenvalue weighted by molar-refractivity contribution is 0.102. The lowest BCUT2D eigenvalue weighted by Crippen LogP contribution is -2.11. The van der Waals surface area contributed by atoms with E-state index < -0.39 is 0 Å². The van der Waals surface area contributed by atoms with Crippen LogP contribution in [0.2, 0.25) is 0 Å². The van der Waals surface area contributed by atoms with Gasteiger partial charge in [-0.3, -0.25) is 4.79 Å². The molecule has 0 aliphatic heterocycles. The molecular formula is C22H18N2O2. The molecule has 0 spiro atoms. The Bertz CT molecular complexity index is 1080. The maximum atomic E-state index is 12.2. The van der Waals surface area contributed by atoms with Crippen LogP contribution >= 0.6 is 0 Å².